The Morgan fingerprint density at radius 1 is 0.703 bits per heavy atom. The topological polar surface area (TPSA) is 86.3 Å². The molecule has 0 heterocycles. The number of alkyl halides is 2. The number of benzene rings is 2. The highest BCUT2D eigenvalue weighted by Crippen LogP contribution is 2.57. The third kappa shape index (κ3) is 5.03. The van der Waals surface area contributed by atoms with Gasteiger partial charge in [-0.2, -0.15) is 0 Å². The lowest BCUT2D eigenvalue weighted by molar-refractivity contribution is -0.385. The number of thioether (sulfide) groups is 1. The lowest BCUT2D eigenvalue weighted by Gasteiger charge is -2.42. The summed E-state index contributed by atoms with van der Waals surface area (Å²) < 4.78 is 0. The highest BCUT2D eigenvalue weighted by molar-refractivity contribution is 8.01. The molecule has 2 aromatic rings. The molecule has 0 aliphatic heterocycles. The van der Waals surface area contributed by atoms with E-state index in [9.17, 15) is 20.2 Å². The lowest BCUT2D eigenvalue weighted by Crippen LogP contribution is -2.39. The molecule has 0 spiro atoms. The molecule has 37 heavy (non-hydrogen) atoms. The molecule has 0 radical (unpaired) electrons. The van der Waals surface area contributed by atoms with E-state index < -0.39 is 30.1 Å². The van der Waals surface area contributed by atoms with E-state index in [2.05, 4.69) is 0 Å². The summed E-state index contributed by atoms with van der Waals surface area (Å²) in [5.74, 6) is 0. The molecule has 4 rings (SSSR count). The van der Waals surface area contributed by atoms with Gasteiger partial charge < -0.3 is 0 Å². The van der Waals surface area contributed by atoms with Gasteiger partial charge in [0, 0.05) is 34.3 Å². The van der Waals surface area contributed by atoms with Crippen LogP contribution in [0.1, 0.15) is 11.1 Å². The van der Waals surface area contributed by atoms with Gasteiger partial charge in [0.25, 0.3) is 11.4 Å². The molecule has 4 atom stereocenters. The summed E-state index contributed by atoms with van der Waals surface area (Å²) in [6.45, 7) is 0. The summed E-state index contributed by atoms with van der Waals surface area (Å²) in [6, 6.07) is 7.99. The summed E-state index contributed by atoms with van der Waals surface area (Å²) in [4.78, 5) is 18.5. The Morgan fingerprint density at radius 3 is 1.41 bits per heavy atom. The van der Waals surface area contributed by atoms with Gasteiger partial charge >= 0.3 is 0 Å². The molecule has 6 nitrogen and oxygen atoms in total. The van der Waals surface area contributed by atoms with E-state index in [0.29, 0.717) is 11.1 Å². The maximum absolute atomic E-state index is 11.2. The number of hydrogen-bond donors (Lipinski definition) is 0. The summed E-state index contributed by atoms with van der Waals surface area (Å²) in [6.07, 6.45) is 10.3. The lowest BCUT2D eigenvalue weighted by atomic mass is 9.89. The Morgan fingerprint density at radius 2 is 1.08 bits per heavy atom. The maximum Gasteiger partial charge on any atom is 0.270 e. The van der Waals surface area contributed by atoms with Crippen molar-refractivity contribution in [1.82, 2.24) is 0 Å². The first-order valence-corrected chi connectivity index (χ1v) is 13.6. The summed E-state index contributed by atoms with van der Waals surface area (Å²) in [7, 11) is 0. The molecule has 2 aliphatic carbocycles. The quantitative estimate of drug-likeness (QED) is 0.179. The third-order valence-corrected chi connectivity index (χ3v) is 10.8. The van der Waals surface area contributed by atoms with Crippen LogP contribution in [0.4, 0.5) is 11.4 Å². The number of non-ortho nitro benzene ring substituents is 2. The van der Waals surface area contributed by atoms with Crippen molar-refractivity contribution in [2.45, 2.75) is 20.2 Å². The number of nitro benzene ring substituents is 2. The van der Waals surface area contributed by atoms with E-state index in [4.69, 9.17) is 69.6 Å². The van der Waals surface area contributed by atoms with Crippen molar-refractivity contribution in [2.75, 3.05) is 0 Å². The summed E-state index contributed by atoms with van der Waals surface area (Å²) >= 11 is 41.9. The van der Waals surface area contributed by atoms with Crippen molar-refractivity contribution >= 4 is 92.7 Å². The molecule has 4 unspecified atom stereocenters. The van der Waals surface area contributed by atoms with E-state index in [1.54, 1.807) is 24.3 Å². The maximum atomic E-state index is 11.2. The standard InChI is InChI=1S/C24H14Cl6N2O4S/c25-17-11-13(31(33)34)7-9-15(17)23(29)19(27)3-1-5-21(23)37-22-6-2-4-20(28)24(22,30)16-10-8-14(32(35)36)12-18(16)26/h1-12,21-22H. The van der Waals surface area contributed by atoms with Gasteiger partial charge in [0.15, 0.2) is 0 Å². The van der Waals surface area contributed by atoms with Gasteiger partial charge in [-0.25, -0.2) is 0 Å². The molecule has 0 bridgehead atoms. The van der Waals surface area contributed by atoms with Crippen molar-refractivity contribution in [1.29, 1.82) is 0 Å². The number of nitro groups is 2. The minimum absolute atomic E-state index is 0.0734. The van der Waals surface area contributed by atoms with Gasteiger partial charge in [-0.3, -0.25) is 20.2 Å². The smallest absolute Gasteiger partial charge is 0.258 e. The first-order valence-electron chi connectivity index (χ1n) is 10.4. The SMILES string of the molecule is O=[N+]([O-])c1ccc(C2(Cl)C(Cl)=CC=CC2SC2C=CC=C(Cl)C2(Cl)c2ccc([N+](=O)[O-])cc2Cl)c(Cl)c1. The molecule has 0 saturated carbocycles. The van der Waals surface area contributed by atoms with Gasteiger partial charge in [0.05, 0.1) is 30.4 Å². The minimum Gasteiger partial charge on any atom is -0.258 e. The Kier molecular flexibility index (Phi) is 8.27. The molecule has 0 amide bonds. The van der Waals surface area contributed by atoms with E-state index in [0.717, 1.165) is 0 Å². The van der Waals surface area contributed by atoms with E-state index in [-0.39, 0.29) is 31.5 Å². The van der Waals surface area contributed by atoms with E-state index in [1.165, 1.54) is 48.2 Å². The molecule has 13 heteroatoms. The highest BCUT2D eigenvalue weighted by Gasteiger charge is 2.50. The monoisotopic (exact) mass is 636 g/mol. The second-order valence-corrected chi connectivity index (χ2v) is 12.2. The first kappa shape index (κ1) is 28.3. The van der Waals surface area contributed by atoms with Crippen molar-refractivity contribution in [3.63, 3.8) is 0 Å². The predicted octanol–water partition coefficient (Wildman–Crippen LogP) is 9.23. The molecule has 2 aliphatic rings. The van der Waals surface area contributed by atoms with Crippen molar-refractivity contribution < 1.29 is 9.85 Å². The number of hydrogen-bond acceptors (Lipinski definition) is 5. The van der Waals surface area contributed by atoms with Gasteiger partial charge in [-0.15, -0.1) is 35.0 Å². The average molecular weight is 639 g/mol. The first-order chi connectivity index (χ1) is 17.4. The fraction of sp³-hybridized carbons (Fsp3) is 0.167. The van der Waals surface area contributed by atoms with Crippen LogP contribution >= 0.6 is 81.4 Å². The van der Waals surface area contributed by atoms with Crippen LogP contribution in [0.25, 0.3) is 0 Å². The Balaban J connectivity index is 1.77. The van der Waals surface area contributed by atoms with Crippen LogP contribution in [-0.4, -0.2) is 20.3 Å². The molecule has 192 valence electrons. The molecular weight excluding hydrogens is 625 g/mol. The van der Waals surface area contributed by atoms with Gasteiger partial charge in [-0.05, 0) is 35.4 Å². The second-order valence-electron chi connectivity index (χ2n) is 8.04. The zero-order valence-corrected chi connectivity index (χ0v) is 23.6. The van der Waals surface area contributed by atoms with E-state index in [1.807, 2.05) is 12.2 Å². The highest BCUT2D eigenvalue weighted by atomic mass is 35.5. The van der Waals surface area contributed by atoms with Crippen LogP contribution in [0.5, 0.6) is 0 Å². The predicted molar refractivity (Wildman–Crippen MR) is 153 cm³/mol. The zero-order chi connectivity index (χ0) is 27.1. The molecule has 0 N–H and O–H groups in total. The average Bonchev–Trinajstić information content (AvgIpc) is 2.84. The largest absolute Gasteiger partial charge is 0.270 e. The van der Waals surface area contributed by atoms with Gasteiger partial charge in [-0.1, -0.05) is 70.7 Å². The van der Waals surface area contributed by atoms with E-state index >= 15 is 0 Å². The van der Waals surface area contributed by atoms with Gasteiger partial charge in [0.1, 0.15) is 9.75 Å². The van der Waals surface area contributed by atoms with Crippen molar-refractivity contribution in [2.24, 2.45) is 0 Å². The number of rotatable bonds is 6. The molecule has 0 fully saturated rings. The summed E-state index contributed by atoms with van der Waals surface area (Å²) in [5, 5.41) is 21.9. The Bertz CT molecular complexity index is 1320. The van der Waals surface area contributed by atoms with Crippen LogP contribution in [0.15, 0.2) is 82.9 Å². The molecule has 2 aromatic carbocycles. The Hall–Kier alpha value is -1.71. The summed E-state index contributed by atoms with van der Waals surface area (Å²) in [5.41, 5.74) is 0.368. The van der Waals surface area contributed by atoms with Crippen molar-refractivity contribution in [3.8, 4) is 0 Å². The zero-order valence-electron chi connectivity index (χ0n) is 18.3. The molecule has 0 aromatic heterocycles. The van der Waals surface area contributed by atoms with Gasteiger partial charge in [0.2, 0.25) is 0 Å². The number of halogens is 6. The van der Waals surface area contributed by atoms with Crippen LogP contribution in [0.3, 0.4) is 0 Å². The van der Waals surface area contributed by atoms with Crippen LogP contribution in [-0.2, 0) is 9.75 Å². The normalized spacial score (nSPS) is 27.0. The third-order valence-electron chi connectivity index (χ3n) is 5.94. The van der Waals surface area contributed by atoms with Crippen LogP contribution < -0.4 is 0 Å². The fourth-order valence-corrected chi connectivity index (χ4v) is 8.02. The van der Waals surface area contributed by atoms with Crippen molar-refractivity contribution in [3.05, 3.63) is 124 Å². The van der Waals surface area contributed by atoms with Crippen LogP contribution in [0.2, 0.25) is 10.0 Å². The molecular formula is C24H14Cl6N2O4S. The molecule has 0 saturated heterocycles. The fourth-order valence-electron chi connectivity index (χ4n) is 4.09. The second kappa shape index (κ2) is 10.8. The Labute approximate surface area is 245 Å². The minimum atomic E-state index is -1.40. The van der Waals surface area contributed by atoms with Crippen LogP contribution in [0, 0.1) is 20.2 Å². The number of allylic oxidation sites excluding steroid dienone is 6. The number of nitrogens with zero attached hydrogens (tertiary/aromatic N) is 2.